The maximum Gasteiger partial charge on any atom is 0.244 e. The summed E-state index contributed by atoms with van der Waals surface area (Å²) in [6.07, 6.45) is 6.23. The summed E-state index contributed by atoms with van der Waals surface area (Å²) in [6, 6.07) is 10.2. The van der Waals surface area contributed by atoms with Crippen molar-refractivity contribution in [3.63, 3.8) is 0 Å². The van der Waals surface area contributed by atoms with Crippen LogP contribution in [0.4, 0.5) is 5.69 Å². The number of hydrogen-bond donors (Lipinski definition) is 1. The van der Waals surface area contributed by atoms with Gasteiger partial charge in [-0.2, -0.15) is 0 Å². The number of halogens is 2. The average molecular weight is 597 g/mol. The van der Waals surface area contributed by atoms with Crippen LogP contribution >= 0.6 is 23.2 Å². The fourth-order valence-electron chi connectivity index (χ4n) is 4.81. The number of anilines is 1. The van der Waals surface area contributed by atoms with Gasteiger partial charge in [-0.05, 0) is 50.5 Å². The standard InChI is InChI=1S/C28H35Cl2N3O5S/c1-4-26(28(36)31-21-11-6-5-7-12-21)32(17-23-24(29)14-9-15-25(23)30)27(35)18-33(39(3,37)38)22-13-8-10-20(16-22)19(2)34/h8-10,13-16,21,26H,4-7,11-12,17-18H2,1-3H3,(H,31,36)/t26-/m0/s1. The zero-order valence-corrected chi connectivity index (χ0v) is 24.8. The van der Waals surface area contributed by atoms with Gasteiger partial charge in [0.1, 0.15) is 12.6 Å². The summed E-state index contributed by atoms with van der Waals surface area (Å²) in [4.78, 5) is 40.7. The Morgan fingerprint density at radius 1 is 1.03 bits per heavy atom. The molecule has 0 aliphatic heterocycles. The summed E-state index contributed by atoms with van der Waals surface area (Å²) in [5, 5.41) is 3.75. The summed E-state index contributed by atoms with van der Waals surface area (Å²) in [5.74, 6) is -1.14. The molecule has 11 heteroatoms. The molecule has 2 amide bonds. The highest BCUT2D eigenvalue weighted by molar-refractivity contribution is 7.92. The molecule has 39 heavy (non-hydrogen) atoms. The molecule has 2 aromatic rings. The topological polar surface area (TPSA) is 104 Å². The van der Waals surface area contributed by atoms with Gasteiger partial charge in [0.25, 0.3) is 0 Å². The Labute approximate surface area is 240 Å². The number of rotatable bonds is 11. The van der Waals surface area contributed by atoms with Crippen LogP contribution in [0.2, 0.25) is 10.0 Å². The maximum absolute atomic E-state index is 13.9. The minimum atomic E-state index is -3.93. The third-order valence-corrected chi connectivity index (χ3v) is 8.80. The molecule has 0 spiro atoms. The van der Waals surface area contributed by atoms with Crippen LogP contribution in [0, 0.1) is 0 Å². The molecule has 2 aromatic carbocycles. The Balaban J connectivity index is 1.98. The Morgan fingerprint density at radius 2 is 1.64 bits per heavy atom. The lowest BCUT2D eigenvalue weighted by molar-refractivity contribution is -0.140. The fourth-order valence-corrected chi connectivity index (χ4v) is 6.17. The molecule has 0 unspecified atom stereocenters. The van der Waals surface area contributed by atoms with E-state index in [2.05, 4.69) is 5.32 Å². The molecule has 212 valence electrons. The smallest absolute Gasteiger partial charge is 0.244 e. The van der Waals surface area contributed by atoms with Crippen LogP contribution in [0.15, 0.2) is 42.5 Å². The van der Waals surface area contributed by atoms with E-state index in [9.17, 15) is 22.8 Å². The number of amides is 2. The molecule has 8 nitrogen and oxygen atoms in total. The highest BCUT2D eigenvalue weighted by Crippen LogP contribution is 2.28. The normalized spacial score (nSPS) is 14.9. The number of Topliss-reactive ketones (excluding diaryl/α,β-unsaturated/α-hetero) is 1. The first-order valence-corrected chi connectivity index (χ1v) is 15.6. The first-order valence-electron chi connectivity index (χ1n) is 13.0. The number of sulfonamides is 1. The molecule has 1 N–H and O–H groups in total. The van der Waals surface area contributed by atoms with Crippen molar-refractivity contribution >= 4 is 56.5 Å². The third-order valence-electron chi connectivity index (χ3n) is 6.95. The van der Waals surface area contributed by atoms with E-state index in [1.54, 1.807) is 37.3 Å². The fraction of sp³-hybridized carbons (Fsp3) is 0.464. The van der Waals surface area contributed by atoms with Crippen molar-refractivity contribution in [1.82, 2.24) is 10.2 Å². The molecule has 1 aliphatic carbocycles. The van der Waals surface area contributed by atoms with Gasteiger partial charge in [0.15, 0.2) is 5.78 Å². The zero-order valence-electron chi connectivity index (χ0n) is 22.5. The minimum Gasteiger partial charge on any atom is -0.352 e. The molecule has 0 bridgehead atoms. The van der Waals surface area contributed by atoms with Crippen molar-refractivity contribution in [2.75, 3.05) is 17.1 Å². The van der Waals surface area contributed by atoms with Gasteiger partial charge in [-0.3, -0.25) is 18.7 Å². The van der Waals surface area contributed by atoms with Crippen LogP contribution < -0.4 is 9.62 Å². The Morgan fingerprint density at radius 3 is 2.21 bits per heavy atom. The molecular formula is C28H35Cl2N3O5S. The van der Waals surface area contributed by atoms with Crippen LogP contribution in [-0.2, 0) is 26.2 Å². The number of nitrogens with zero attached hydrogens (tertiary/aromatic N) is 2. The van der Waals surface area contributed by atoms with Crippen LogP contribution in [0.5, 0.6) is 0 Å². The second-order valence-electron chi connectivity index (χ2n) is 9.87. The summed E-state index contributed by atoms with van der Waals surface area (Å²) >= 11 is 12.8. The zero-order chi connectivity index (χ0) is 28.7. The molecule has 0 radical (unpaired) electrons. The Bertz CT molecular complexity index is 1290. The summed E-state index contributed by atoms with van der Waals surface area (Å²) < 4.78 is 26.6. The SMILES string of the molecule is CC[C@@H](C(=O)NC1CCCCC1)N(Cc1c(Cl)cccc1Cl)C(=O)CN(c1cccc(C(C)=O)c1)S(C)(=O)=O. The predicted molar refractivity (Wildman–Crippen MR) is 155 cm³/mol. The summed E-state index contributed by atoms with van der Waals surface area (Å²) in [5.41, 5.74) is 0.947. The molecule has 1 aliphatic rings. The summed E-state index contributed by atoms with van der Waals surface area (Å²) in [7, 11) is -3.93. The minimum absolute atomic E-state index is 0.0305. The van der Waals surface area contributed by atoms with Gasteiger partial charge in [0.05, 0.1) is 11.9 Å². The van der Waals surface area contributed by atoms with Gasteiger partial charge < -0.3 is 10.2 Å². The molecular weight excluding hydrogens is 561 g/mol. The monoisotopic (exact) mass is 595 g/mol. The largest absolute Gasteiger partial charge is 0.352 e. The van der Waals surface area contributed by atoms with E-state index in [0.29, 0.717) is 27.6 Å². The first-order chi connectivity index (χ1) is 18.4. The van der Waals surface area contributed by atoms with Crippen LogP contribution in [0.3, 0.4) is 0 Å². The molecule has 1 fully saturated rings. The first kappa shape index (κ1) is 30.9. The highest BCUT2D eigenvalue weighted by atomic mass is 35.5. The van der Waals surface area contributed by atoms with Crippen molar-refractivity contribution in [3.05, 3.63) is 63.6 Å². The van der Waals surface area contributed by atoms with Crippen LogP contribution in [0.1, 0.15) is 68.3 Å². The number of ketones is 1. The molecule has 0 heterocycles. The Hall–Kier alpha value is -2.62. The highest BCUT2D eigenvalue weighted by Gasteiger charge is 2.33. The quantitative estimate of drug-likeness (QED) is 0.359. The molecule has 0 saturated heterocycles. The molecule has 3 rings (SSSR count). The lowest BCUT2D eigenvalue weighted by atomic mass is 9.95. The molecule has 0 aromatic heterocycles. The van der Waals surface area contributed by atoms with Gasteiger partial charge in [0, 0.05) is 33.8 Å². The maximum atomic E-state index is 13.9. The third kappa shape index (κ3) is 8.19. The predicted octanol–water partition coefficient (Wildman–Crippen LogP) is 5.22. The van der Waals surface area contributed by atoms with Gasteiger partial charge in [-0.15, -0.1) is 0 Å². The lowest BCUT2D eigenvalue weighted by Gasteiger charge is -2.34. The molecule has 1 saturated carbocycles. The van der Waals surface area contributed by atoms with E-state index >= 15 is 0 Å². The van der Waals surface area contributed by atoms with Gasteiger partial charge in [0.2, 0.25) is 21.8 Å². The molecule has 1 atom stereocenters. The van der Waals surface area contributed by atoms with E-state index in [1.807, 2.05) is 0 Å². The average Bonchev–Trinajstić information content (AvgIpc) is 2.88. The van der Waals surface area contributed by atoms with Crippen molar-refractivity contribution < 1.29 is 22.8 Å². The number of carbonyl (C=O) groups is 3. The number of benzene rings is 2. The number of hydrogen-bond acceptors (Lipinski definition) is 5. The van der Waals surface area contributed by atoms with Crippen LogP contribution in [0.25, 0.3) is 0 Å². The lowest BCUT2D eigenvalue weighted by Crippen LogP contribution is -2.54. The Kier molecular flexibility index (Phi) is 10.8. The van der Waals surface area contributed by atoms with Crippen molar-refractivity contribution in [2.45, 2.75) is 71.0 Å². The van der Waals surface area contributed by atoms with Crippen molar-refractivity contribution in [3.8, 4) is 0 Å². The summed E-state index contributed by atoms with van der Waals surface area (Å²) in [6.45, 7) is 2.51. The second-order valence-corrected chi connectivity index (χ2v) is 12.6. The van der Waals surface area contributed by atoms with E-state index < -0.39 is 28.5 Å². The second kappa shape index (κ2) is 13.6. The number of carbonyl (C=O) groups excluding carboxylic acids is 3. The van der Waals surface area contributed by atoms with E-state index in [1.165, 1.54) is 24.0 Å². The van der Waals surface area contributed by atoms with Gasteiger partial charge in [-0.1, -0.05) is 67.6 Å². The van der Waals surface area contributed by atoms with Crippen LogP contribution in [-0.4, -0.2) is 55.8 Å². The van der Waals surface area contributed by atoms with E-state index in [4.69, 9.17) is 23.2 Å². The van der Waals surface area contributed by atoms with E-state index in [-0.39, 0.29) is 30.0 Å². The number of nitrogens with one attached hydrogen (secondary N) is 1. The van der Waals surface area contributed by atoms with Gasteiger partial charge in [-0.25, -0.2) is 8.42 Å². The van der Waals surface area contributed by atoms with E-state index in [0.717, 1.165) is 42.7 Å². The van der Waals surface area contributed by atoms with Gasteiger partial charge >= 0.3 is 0 Å². The van der Waals surface area contributed by atoms with Crippen molar-refractivity contribution in [2.24, 2.45) is 0 Å². The van der Waals surface area contributed by atoms with Crippen molar-refractivity contribution in [1.29, 1.82) is 0 Å².